The van der Waals surface area contributed by atoms with Gasteiger partial charge in [0.1, 0.15) is 23.1 Å². The van der Waals surface area contributed by atoms with Crippen LogP contribution in [0.5, 0.6) is 5.75 Å². The van der Waals surface area contributed by atoms with Crippen molar-refractivity contribution in [2.75, 3.05) is 0 Å². The third kappa shape index (κ3) is 3.55. The Morgan fingerprint density at radius 2 is 2.00 bits per heavy atom. The number of imidazole rings is 1. The maximum Gasteiger partial charge on any atom is 0.269 e. The zero-order valence-electron chi connectivity index (χ0n) is 12.1. The van der Waals surface area contributed by atoms with Gasteiger partial charge in [-0.15, -0.1) is 0 Å². The summed E-state index contributed by atoms with van der Waals surface area (Å²) in [6, 6.07) is 12.5. The van der Waals surface area contributed by atoms with E-state index < -0.39 is 0 Å². The molecular weight excluding hydrogens is 297 g/mol. The standard InChI is InChI=1S/C17H14FN3O2/c18-13-6-4-12(5-7-13)16-19-10-15(21-16)17(23)20-9-11-2-1-3-14(22)8-11/h1-8,10,22H,9H2,(H,19,21)(H,20,23). The molecule has 23 heavy (non-hydrogen) atoms. The molecule has 0 bridgehead atoms. The van der Waals surface area contributed by atoms with E-state index in [0.29, 0.717) is 17.1 Å². The number of carbonyl (C=O) groups excluding carboxylic acids is 1. The number of hydrogen-bond acceptors (Lipinski definition) is 3. The van der Waals surface area contributed by atoms with Crippen LogP contribution in [0.4, 0.5) is 4.39 Å². The molecule has 0 saturated heterocycles. The van der Waals surface area contributed by atoms with Crippen molar-refractivity contribution in [2.45, 2.75) is 6.54 Å². The number of halogens is 1. The van der Waals surface area contributed by atoms with E-state index in [9.17, 15) is 14.3 Å². The molecule has 0 saturated carbocycles. The van der Waals surface area contributed by atoms with Crippen molar-refractivity contribution in [3.8, 4) is 17.1 Å². The third-order valence-corrected chi connectivity index (χ3v) is 3.30. The first kappa shape index (κ1) is 14.8. The number of benzene rings is 2. The van der Waals surface area contributed by atoms with Crippen LogP contribution in [0.25, 0.3) is 11.4 Å². The van der Waals surface area contributed by atoms with Crippen molar-refractivity contribution in [3.63, 3.8) is 0 Å². The molecule has 1 aromatic heterocycles. The highest BCUT2D eigenvalue weighted by Crippen LogP contribution is 2.16. The summed E-state index contributed by atoms with van der Waals surface area (Å²) >= 11 is 0. The largest absolute Gasteiger partial charge is 0.508 e. The van der Waals surface area contributed by atoms with Crippen molar-refractivity contribution in [3.05, 3.63) is 71.8 Å². The van der Waals surface area contributed by atoms with E-state index in [1.165, 1.54) is 18.3 Å². The lowest BCUT2D eigenvalue weighted by molar-refractivity contribution is 0.0946. The molecule has 0 spiro atoms. The van der Waals surface area contributed by atoms with Gasteiger partial charge >= 0.3 is 0 Å². The fraction of sp³-hybridized carbons (Fsp3) is 0.0588. The van der Waals surface area contributed by atoms with Gasteiger partial charge in [-0.25, -0.2) is 9.37 Å². The van der Waals surface area contributed by atoms with Gasteiger partial charge < -0.3 is 15.4 Å². The molecule has 0 atom stereocenters. The average Bonchev–Trinajstić information content (AvgIpc) is 3.03. The minimum absolute atomic E-state index is 0.150. The van der Waals surface area contributed by atoms with Crippen LogP contribution in [0, 0.1) is 5.82 Å². The summed E-state index contributed by atoms with van der Waals surface area (Å²) in [7, 11) is 0. The summed E-state index contributed by atoms with van der Waals surface area (Å²) in [4.78, 5) is 19.1. The second-order valence-electron chi connectivity index (χ2n) is 5.00. The Bertz CT molecular complexity index is 828. The first-order valence-electron chi connectivity index (χ1n) is 6.99. The molecule has 0 aliphatic heterocycles. The van der Waals surface area contributed by atoms with Crippen molar-refractivity contribution in [2.24, 2.45) is 0 Å². The highest BCUT2D eigenvalue weighted by molar-refractivity contribution is 5.92. The monoisotopic (exact) mass is 311 g/mol. The summed E-state index contributed by atoms with van der Waals surface area (Å²) in [5, 5.41) is 12.1. The van der Waals surface area contributed by atoms with Crippen LogP contribution < -0.4 is 5.32 Å². The molecule has 1 amide bonds. The van der Waals surface area contributed by atoms with Gasteiger partial charge in [0.25, 0.3) is 5.91 Å². The van der Waals surface area contributed by atoms with Gasteiger partial charge in [0.05, 0.1) is 6.20 Å². The number of phenolic OH excluding ortho intramolecular Hbond substituents is 1. The topological polar surface area (TPSA) is 78.0 Å². The number of H-pyrrole nitrogens is 1. The molecule has 116 valence electrons. The van der Waals surface area contributed by atoms with Crippen LogP contribution >= 0.6 is 0 Å². The fourth-order valence-electron chi connectivity index (χ4n) is 2.14. The van der Waals surface area contributed by atoms with E-state index in [4.69, 9.17) is 0 Å². The summed E-state index contributed by atoms with van der Waals surface area (Å²) in [6.45, 7) is 0.290. The van der Waals surface area contributed by atoms with Crippen LogP contribution in [0.1, 0.15) is 16.1 Å². The number of phenols is 1. The van der Waals surface area contributed by atoms with E-state index in [2.05, 4.69) is 15.3 Å². The SMILES string of the molecule is O=C(NCc1cccc(O)c1)c1cnc(-c2ccc(F)cc2)[nH]1. The molecule has 5 nitrogen and oxygen atoms in total. The Labute approximate surface area is 131 Å². The predicted molar refractivity (Wildman–Crippen MR) is 83.3 cm³/mol. The van der Waals surface area contributed by atoms with Gasteiger partial charge in [-0.1, -0.05) is 12.1 Å². The molecule has 3 aromatic rings. The zero-order chi connectivity index (χ0) is 16.2. The third-order valence-electron chi connectivity index (χ3n) is 3.30. The minimum atomic E-state index is -0.329. The van der Waals surface area contributed by atoms with Crippen LogP contribution in [0.3, 0.4) is 0 Å². The maximum absolute atomic E-state index is 12.9. The first-order valence-corrected chi connectivity index (χ1v) is 6.99. The van der Waals surface area contributed by atoms with Crippen molar-refractivity contribution in [1.29, 1.82) is 0 Å². The molecule has 2 aromatic carbocycles. The van der Waals surface area contributed by atoms with E-state index >= 15 is 0 Å². The Kier molecular flexibility index (Phi) is 4.05. The van der Waals surface area contributed by atoms with E-state index in [1.807, 2.05) is 0 Å². The zero-order valence-corrected chi connectivity index (χ0v) is 12.1. The Hall–Kier alpha value is -3.15. The molecule has 0 aliphatic rings. The van der Waals surface area contributed by atoms with E-state index in [-0.39, 0.29) is 24.0 Å². The van der Waals surface area contributed by atoms with Crippen LogP contribution in [0.15, 0.2) is 54.7 Å². The second kappa shape index (κ2) is 6.31. The molecular formula is C17H14FN3O2. The molecule has 0 fully saturated rings. The van der Waals surface area contributed by atoms with Gasteiger partial charge in [0.15, 0.2) is 0 Å². The number of amides is 1. The Balaban J connectivity index is 1.67. The molecule has 3 rings (SSSR count). The second-order valence-corrected chi connectivity index (χ2v) is 5.00. The smallest absolute Gasteiger partial charge is 0.269 e. The molecule has 0 radical (unpaired) electrons. The quantitative estimate of drug-likeness (QED) is 0.693. The summed E-state index contributed by atoms with van der Waals surface area (Å²) < 4.78 is 12.9. The molecule has 0 aliphatic carbocycles. The number of nitrogens with zero attached hydrogens (tertiary/aromatic N) is 1. The molecule has 6 heteroatoms. The Morgan fingerprint density at radius 3 is 2.74 bits per heavy atom. The number of rotatable bonds is 4. The lowest BCUT2D eigenvalue weighted by Crippen LogP contribution is -2.23. The van der Waals surface area contributed by atoms with Gasteiger partial charge in [-0.2, -0.15) is 0 Å². The first-order chi connectivity index (χ1) is 11.1. The van der Waals surface area contributed by atoms with Crippen molar-refractivity contribution < 1.29 is 14.3 Å². The molecule has 1 heterocycles. The predicted octanol–water partition coefficient (Wildman–Crippen LogP) is 2.85. The number of hydrogen-bond donors (Lipinski definition) is 3. The molecule has 3 N–H and O–H groups in total. The number of aromatic hydroxyl groups is 1. The summed E-state index contributed by atoms with van der Waals surface area (Å²) in [5.74, 6) is 0.00276. The number of aromatic nitrogens is 2. The van der Waals surface area contributed by atoms with Crippen LogP contribution in [-0.2, 0) is 6.54 Å². The lowest BCUT2D eigenvalue weighted by atomic mass is 10.2. The van der Waals surface area contributed by atoms with E-state index in [1.54, 1.807) is 36.4 Å². The van der Waals surface area contributed by atoms with Crippen molar-refractivity contribution in [1.82, 2.24) is 15.3 Å². The van der Waals surface area contributed by atoms with Crippen LogP contribution in [-0.4, -0.2) is 21.0 Å². The van der Waals surface area contributed by atoms with Gasteiger partial charge in [-0.3, -0.25) is 4.79 Å². The Morgan fingerprint density at radius 1 is 1.22 bits per heavy atom. The summed E-state index contributed by atoms with van der Waals surface area (Å²) in [5.41, 5.74) is 1.79. The minimum Gasteiger partial charge on any atom is -0.508 e. The normalized spacial score (nSPS) is 10.5. The van der Waals surface area contributed by atoms with Crippen molar-refractivity contribution >= 4 is 5.91 Å². The molecule has 0 unspecified atom stereocenters. The fourth-order valence-corrected chi connectivity index (χ4v) is 2.14. The highest BCUT2D eigenvalue weighted by Gasteiger charge is 2.10. The summed E-state index contributed by atoms with van der Waals surface area (Å²) in [6.07, 6.45) is 1.43. The number of nitrogens with one attached hydrogen (secondary N) is 2. The van der Waals surface area contributed by atoms with Gasteiger partial charge in [0, 0.05) is 12.1 Å². The van der Waals surface area contributed by atoms with Crippen LogP contribution in [0.2, 0.25) is 0 Å². The lowest BCUT2D eigenvalue weighted by Gasteiger charge is -2.04. The number of aromatic amines is 1. The van der Waals surface area contributed by atoms with Gasteiger partial charge in [-0.05, 0) is 42.0 Å². The average molecular weight is 311 g/mol. The maximum atomic E-state index is 12.9. The van der Waals surface area contributed by atoms with Gasteiger partial charge in [0.2, 0.25) is 0 Å². The van der Waals surface area contributed by atoms with E-state index in [0.717, 1.165) is 5.56 Å². The number of carbonyl (C=O) groups is 1. The highest BCUT2D eigenvalue weighted by atomic mass is 19.1.